The van der Waals surface area contributed by atoms with Crippen LogP contribution in [0.3, 0.4) is 0 Å². The van der Waals surface area contributed by atoms with Crippen molar-refractivity contribution in [3.63, 3.8) is 0 Å². The minimum Gasteiger partial charge on any atom is -0.352 e. The Morgan fingerprint density at radius 1 is 0.825 bits per heavy atom. The first-order valence-corrected chi connectivity index (χ1v) is 14.9. The summed E-state index contributed by atoms with van der Waals surface area (Å²) in [4.78, 5) is 45.6. The van der Waals surface area contributed by atoms with E-state index >= 15 is 0 Å². The molecule has 0 radical (unpaired) electrons. The highest BCUT2D eigenvalue weighted by Gasteiger charge is 2.37. The summed E-state index contributed by atoms with van der Waals surface area (Å²) in [6.07, 6.45) is 0. The van der Waals surface area contributed by atoms with Crippen LogP contribution in [0.1, 0.15) is 22.7 Å². The number of nitrogens with zero attached hydrogens (tertiary/aromatic N) is 3. The van der Waals surface area contributed by atoms with E-state index in [2.05, 4.69) is 76.6 Å². The van der Waals surface area contributed by atoms with Gasteiger partial charge in [-0.3, -0.25) is 24.2 Å². The van der Waals surface area contributed by atoms with E-state index in [0.29, 0.717) is 24.3 Å². The third kappa shape index (κ3) is 6.98. The summed E-state index contributed by atoms with van der Waals surface area (Å²) < 4.78 is 1.59. The standard InChI is InChI=1S/C30H31Br2N5O3/c31-24-8-4-7-22(17-24)27-28(38)33-11-12-37(27)30(40)29(39)34-26-18-25(32)10-9-23(26)20-36-15-13-35(14-16-36)19-21-5-2-1-3-6-21/h1-10,17-18,27H,11-16,19-20H2,(H,33,38)(H,34,39). The van der Waals surface area contributed by atoms with Crippen LogP contribution < -0.4 is 10.6 Å². The van der Waals surface area contributed by atoms with Gasteiger partial charge in [0.25, 0.3) is 0 Å². The zero-order valence-corrected chi connectivity index (χ0v) is 25.2. The summed E-state index contributed by atoms with van der Waals surface area (Å²) in [7, 11) is 0. The molecule has 208 valence electrons. The molecular formula is C30H31Br2N5O3. The van der Waals surface area contributed by atoms with E-state index in [9.17, 15) is 14.4 Å². The molecule has 1 atom stereocenters. The normalized spacial score (nSPS) is 18.3. The summed E-state index contributed by atoms with van der Waals surface area (Å²) >= 11 is 6.92. The second-order valence-electron chi connectivity index (χ2n) is 10.0. The lowest BCUT2D eigenvalue weighted by Crippen LogP contribution is -2.54. The van der Waals surface area contributed by atoms with Gasteiger partial charge in [0.1, 0.15) is 6.04 Å². The lowest BCUT2D eigenvalue weighted by atomic mass is 10.0. The highest BCUT2D eigenvalue weighted by molar-refractivity contribution is 9.10. The Kier molecular flexibility index (Phi) is 9.31. The fraction of sp³-hybridized carbons (Fsp3) is 0.300. The van der Waals surface area contributed by atoms with Crippen molar-refractivity contribution in [1.82, 2.24) is 20.0 Å². The van der Waals surface area contributed by atoms with Crippen LogP contribution in [-0.2, 0) is 27.5 Å². The van der Waals surface area contributed by atoms with Crippen molar-refractivity contribution in [3.05, 3.63) is 98.4 Å². The van der Waals surface area contributed by atoms with Crippen LogP contribution in [0.25, 0.3) is 0 Å². The van der Waals surface area contributed by atoms with E-state index < -0.39 is 17.9 Å². The predicted molar refractivity (Wildman–Crippen MR) is 161 cm³/mol. The van der Waals surface area contributed by atoms with Crippen LogP contribution in [0.2, 0.25) is 0 Å². The van der Waals surface area contributed by atoms with Gasteiger partial charge in [0.2, 0.25) is 5.91 Å². The van der Waals surface area contributed by atoms with Crippen molar-refractivity contribution in [1.29, 1.82) is 0 Å². The Bertz CT molecular complexity index is 1380. The molecule has 8 nitrogen and oxygen atoms in total. The van der Waals surface area contributed by atoms with E-state index in [-0.39, 0.29) is 12.5 Å². The maximum absolute atomic E-state index is 13.4. The van der Waals surface area contributed by atoms with Gasteiger partial charge in [0, 0.05) is 67.0 Å². The quantitative estimate of drug-likeness (QED) is 0.386. The van der Waals surface area contributed by atoms with Crippen molar-refractivity contribution < 1.29 is 14.4 Å². The number of piperazine rings is 2. The molecule has 5 rings (SSSR count). The minimum absolute atomic E-state index is 0.244. The molecule has 2 heterocycles. The number of hydrogen-bond donors (Lipinski definition) is 2. The number of amides is 3. The predicted octanol–water partition coefficient (Wildman–Crippen LogP) is 4.17. The lowest BCUT2D eigenvalue weighted by molar-refractivity contribution is -0.149. The highest BCUT2D eigenvalue weighted by Crippen LogP contribution is 2.27. The van der Waals surface area contributed by atoms with Crippen LogP contribution in [0, 0.1) is 0 Å². The van der Waals surface area contributed by atoms with Crippen molar-refractivity contribution in [3.8, 4) is 0 Å². The summed E-state index contributed by atoms with van der Waals surface area (Å²) in [6.45, 7) is 5.86. The molecule has 0 bridgehead atoms. The smallest absolute Gasteiger partial charge is 0.313 e. The van der Waals surface area contributed by atoms with Gasteiger partial charge >= 0.3 is 11.8 Å². The van der Waals surface area contributed by atoms with Gasteiger partial charge in [-0.1, -0.05) is 80.4 Å². The molecule has 3 aromatic carbocycles. The lowest BCUT2D eigenvalue weighted by Gasteiger charge is -2.35. The summed E-state index contributed by atoms with van der Waals surface area (Å²) in [5.74, 6) is -1.80. The van der Waals surface area contributed by atoms with Crippen LogP contribution >= 0.6 is 31.9 Å². The molecule has 1 unspecified atom stereocenters. The first-order chi connectivity index (χ1) is 19.4. The Morgan fingerprint density at radius 2 is 1.52 bits per heavy atom. The van der Waals surface area contributed by atoms with Gasteiger partial charge in [-0.2, -0.15) is 0 Å². The molecule has 2 aliphatic rings. The van der Waals surface area contributed by atoms with Crippen LogP contribution in [0.15, 0.2) is 81.7 Å². The number of carbonyl (C=O) groups excluding carboxylic acids is 3. The molecule has 2 aliphatic heterocycles. The third-order valence-corrected chi connectivity index (χ3v) is 8.25. The number of hydrogen-bond acceptors (Lipinski definition) is 5. The zero-order chi connectivity index (χ0) is 28.1. The molecule has 0 spiro atoms. The van der Waals surface area contributed by atoms with Gasteiger partial charge in [0.15, 0.2) is 0 Å². The molecular weight excluding hydrogens is 638 g/mol. The highest BCUT2D eigenvalue weighted by atomic mass is 79.9. The van der Waals surface area contributed by atoms with E-state index in [1.165, 1.54) is 10.5 Å². The number of halogens is 2. The molecule has 0 aliphatic carbocycles. The van der Waals surface area contributed by atoms with Crippen molar-refractivity contribution in [2.45, 2.75) is 19.1 Å². The van der Waals surface area contributed by atoms with Gasteiger partial charge in [-0.25, -0.2) is 0 Å². The van der Waals surface area contributed by atoms with Gasteiger partial charge in [-0.05, 0) is 41.0 Å². The fourth-order valence-electron chi connectivity index (χ4n) is 5.19. The number of anilines is 1. The number of benzene rings is 3. The molecule has 2 N–H and O–H groups in total. The second-order valence-corrected chi connectivity index (χ2v) is 11.9. The van der Waals surface area contributed by atoms with Gasteiger partial charge in [0.05, 0.1) is 0 Å². The third-order valence-electron chi connectivity index (χ3n) is 7.26. The van der Waals surface area contributed by atoms with E-state index in [1.54, 1.807) is 18.2 Å². The van der Waals surface area contributed by atoms with E-state index in [4.69, 9.17) is 0 Å². The SMILES string of the molecule is O=C(Nc1cc(Br)ccc1CN1CCN(Cc2ccccc2)CC1)C(=O)N1CCNC(=O)C1c1cccc(Br)c1. The van der Waals surface area contributed by atoms with Gasteiger partial charge < -0.3 is 15.5 Å². The molecule has 3 aromatic rings. The Labute approximate surface area is 251 Å². The van der Waals surface area contributed by atoms with Crippen molar-refractivity contribution in [2.24, 2.45) is 0 Å². The molecule has 0 aromatic heterocycles. The molecule has 40 heavy (non-hydrogen) atoms. The van der Waals surface area contributed by atoms with Crippen molar-refractivity contribution >= 4 is 55.3 Å². The van der Waals surface area contributed by atoms with Crippen LogP contribution in [0.5, 0.6) is 0 Å². The van der Waals surface area contributed by atoms with Crippen LogP contribution in [-0.4, -0.2) is 71.7 Å². The summed E-state index contributed by atoms with van der Waals surface area (Å²) in [5, 5.41) is 5.65. The average molecular weight is 669 g/mol. The van der Waals surface area contributed by atoms with Crippen molar-refractivity contribution in [2.75, 3.05) is 44.6 Å². The maximum Gasteiger partial charge on any atom is 0.313 e. The Hall–Kier alpha value is -3.05. The molecule has 10 heteroatoms. The second kappa shape index (κ2) is 13.1. The first kappa shape index (κ1) is 28.5. The maximum atomic E-state index is 13.4. The summed E-state index contributed by atoms with van der Waals surface area (Å²) in [6, 6.07) is 22.6. The zero-order valence-electron chi connectivity index (χ0n) is 22.0. The number of carbonyl (C=O) groups is 3. The average Bonchev–Trinajstić information content (AvgIpc) is 2.95. The van der Waals surface area contributed by atoms with Crippen LogP contribution in [0.4, 0.5) is 5.69 Å². The largest absolute Gasteiger partial charge is 0.352 e. The van der Waals surface area contributed by atoms with E-state index in [0.717, 1.165) is 47.2 Å². The van der Waals surface area contributed by atoms with E-state index in [1.807, 2.05) is 30.3 Å². The molecule has 2 fully saturated rings. The summed E-state index contributed by atoms with van der Waals surface area (Å²) in [5.41, 5.74) is 3.47. The number of nitrogens with one attached hydrogen (secondary N) is 2. The minimum atomic E-state index is -0.876. The van der Waals surface area contributed by atoms with Gasteiger partial charge in [-0.15, -0.1) is 0 Å². The monoisotopic (exact) mass is 667 g/mol. The molecule has 3 amide bonds. The fourth-order valence-corrected chi connectivity index (χ4v) is 5.97. The molecule has 2 saturated heterocycles. The molecule has 0 saturated carbocycles. The Balaban J connectivity index is 1.25. The topological polar surface area (TPSA) is 85.0 Å². The first-order valence-electron chi connectivity index (χ1n) is 13.3. The Morgan fingerprint density at radius 3 is 2.25 bits per heavy atom. The number of rotatable bonds is 6.